The van der Waals surface area contributed by atoms with E-state index in [0.717, 1.165) is 0 Å². The van der Waals surface area contributed by atoms with Crippen LogP contribution in [0.4, 0.5) is 0 Å². The van der Waals surface area contributed by atoms with E-state index in [2.05, 4.69) is 5.32 Å². The minimum absolute atomic E-state index is 0.287. The molecule has 7 heteroatoms. The van der Waals surface area contributed by atoms with Crippen LogP contribution in [-0.2, 0) is 19.0 Å². The number of hydrogen-bond acceptors (Lipinski definition) is 6. The average molecular weight is 261 g/mol. The van der Waals surface area contributed by atoms with E-state index in [1.54, 1.807) is 13.8 Å². The molecule has 0 aromatic heterocycles. The number of amides is 1. The maximum Gasteiger partial charge on any atom is 0.217 e. The van der Waals surface area contributed by atoms with Crippen LogP contribution < -0.4 is 5.32 Å². The van der Waals surface area contributed by atoms with Crippen molar-refractivity contribution >= 4 is 5.91 Å². The zero-order chi connectivity index (χ0) is 13.5. The molecule has 2 aliphatic rings. The zero-order valence-corrected chi connectivity index (χ0v) is 10.6. The van der Waals surface area contributed by atoms with Gasteiger partial charge in [0, 0.05) is 6.92 Å². The monoisotopic (exact) mass is 261 g/mol. The van der Waals surface area contributed by atoms with Gasteiger partial charge in [-0.05, 0) is 13.8 Å². The van der Waals surface area contributed by atoms with E-state index in [1.807, 2.05) is 0 Å². The second-order valence-electron chi connectivity index (χ2n) is 5.04. The van der Waals surface area contributed by atoms with Crippen molar-refractivity contribution < 1.29 is 29.2 Å². The largest absolute Gasteiger partial charge is 0.394 e. The van der Waals surface area contributed by atoms with E-state index in [1.165, 1.54) is 6.92 Å². The molecule has 2 rings (SSSR count). The zero-order valence-electron chi connectivity index (χ0n) is 10.6. The topological polar surface area (TPSA) is 97.3 Å². The van der Waals surface area contributed by atoms with Crippen LogP contribution in [0.2, 0.25) is 0 Å². The molecular formula is C11H19NO6. The second kappa shape index (κ2) is 4.75. The van der Waals surface area contributed by atoms with Crippen molar-refractivity contribution in [1.82, 2.24) is 5.32 Å². The number of carbonyl (C=O) groups is 1. The van der Waals surface area contributed by atoms with E-state index >= 15 is 0 Å². The summed E-state index contributed by atoms with van der Waals surface area (Å²) in [6.07, 6.45) is -3.16. The lowest BCUT2D eigenvalue weighted by molar-refractivity contribution is -0.239. The van der Waals surface area contributed by atoms with Crippen LogP contribution in [-0.4, -0.2) is 59.2 Å². The summed E-state index contributed by atoms with van der Waals surface area (Å²) in [7, 11) is 0. The fourth-order valence-corrected chi connectivity index (χ4v) is 2.34. The Hall–Kier alpha value is -0.730. The van der Waals surface area contributed by atoms with Gasteiger partial charge in [0.25, 0.3) is 0 Å². The standard InChI is InChI=1S/C11H19NO6/c1-5(14)12-7-8(15)6(4-13)16-10-9(7)17-11(2,3)18-10/h6-10,13,15H,4H2,1-3H3,(H,12,14)/t6-,7+,8-,9-,10?/m1/s1. The molecule has 2 saturated heterocycles. The van der Waals surface area contributed by atoms with Gasteiger partial charge in [-0.2, -0.15) is 0 Å². The first kappa shape index (κ1) is 13.7. The van der Waals surface area contributed by atoms with Gasteiger partial charge in [-0.1, -0.05) is 0 Å². The highest BCUT2D eigenvalue weighted by molar-refractivity contribution is 5.73. The van der Waals surface area contributed by atoms with Gasteiger partial charge < -0.3 is 29.7 Å². The number of fused-ring (bicyclic) bond motifs is 1. The molecule has 0 aromatic rings. The van der Waals surface area contributed by atoms with Crippen molar-refractivity contribution in [3.8, 4) is 0 Å². The van der Waals surface area contributed by atoms with Crippen LogP contribution in [0.1, 0.15) is 20.8 Å². The molecule has 2 fully saturated rings. The van der Waals surface area contributed by atoms with Gasteiger partial charge in [0.2, 0.25) is 5.91 Å². The summed E-state index contributed by atoms with van der Waals surface area (Å²) < 4.78 is 16.6. The van der Waals surface area contributed by atoms with Crippen molar-refractivity contribution in [2.24, 2.45) is 0 Å². The predicted octanol–water partition coefficient (Wildman–Crippen LogP) is -1.28. The van der Waals surface area contributed by atoms with Crippen molar-refractivity contribution in [3.05, 3.63) is 0 Å². The summed E-state index contributed by atoms with van der Waals surface area (Å²) in [5.41, 5.74) is 0. The SMILES string of the molecule is CC(=O)N[C@H]1[C@H](O)[C@@H](CO)OC2OC(C)(C)O[C@@H]21. The third-order valence-electron chi connectivity index (χ3n) is 3.05. The lowest BCUT2D eigenvalue weighted by Crippen LogP contribution is -2.63. The molecule has 1 unspecified atom stereocenters. The van der Waals surface area contributed by atoms with Crippen molar-refractivity contribution in [2.45, 2.75) is 57.2 Å². The van der Waals surface area contributed by atoms with Gasteiger partial charge in [-0.15, -0.1) is 0 Å². The first-order chi connectivity index (χ1) is 8.34. The fraction of sp³-hybridized carbons (Fsp3) is 0.909. The maximum atomic E-state index is 11.2. The number of nitrogens with one attached hydrogen (secondary N) is 1. The normalized spacial score (nSPS) is 42.4. The number of rotatable bonds is 2. The van der Waals surface area contributed by atoms with Crippen LogP contribution in [0, 0.1) is 0 Å². The molecule has 0 aliphatic carbocycles. The summed E-state index contributed by atoms with van der Waals surface area (Å²) in [4.78, 5) is 11.2. The van der Waals surface area contributed by atoms with Gasteiger partial charge >= 0.3 is 0 Å². The molecule has 18 heavy (non-hydrogen) atoms. The molecule has 0 spiro atoms. The Morgan fingerprint density at radius 1 is 1.39 bits per heavy atom. The fourth-order valence-electron chi connectivity index (χ4n) is 2.34. The molecular weight excluding hydrogens is 242 g/mol. The van der Waals surface area contributed by atoms with E-state index in [9.17, 15) is 9.90 Å². The quantitative estimate of drug-likeness (QED) is 0.573. The summed E-state index contributed by atoms with van der Waals surface area (Å²) >= 11 is 0. The van der Waals surface area contributed by atoms with E-state index in [0.29, 0.717) is 0 Å². The number of aliphatic hydroxyl groups excluding tert-OH is 2. The van der Waals surface area contributed by atoms with Gasteiger partial charge in [0.15, 0.2) is 12.1 Å². The highest BCUT2D eigenvalue weighted by Crippen LogP contribution is 2.36. The molecule has 0 saturated carbocycles. The molecule has 7 nitrogen and oxygen atoms in total. The Morgan fingerprint density at radius 2 is 2.06 bits per heavy atom. The predicted molar refractivity (Wildman–Crippen MR) is 59.4 cm³/mol. The Morgan fingerprint density at radius 3 is 2.61 bits per heavy atom. The lowest BCUT2D eigenvalue weighted by atomic mass is 9.96. The molecule has 104 valence electrons. The molecule has 0 aromatic carbocycles. The van der Waals surface area contributed by atoms with Gasteiger partial charge in [-0.3, -0.25) is 4.79 Å². The molecule has 3 N–H and O–H groups in total. The van der Waals surface area contributed by atoms with Crippen molar-refractivity contribution in [2.75, 3.05) is 6.61 Å². The number of carbonyl (C=O) groups excluding carboxylic acids is 1. The van der Waals surface area contributed by atoms with Crippen molar-refractivity contribution in [3.63, 3.8) is 0 Å². The highest BCUT2D eigenvalue weighted by Gasteiger charge is 2.54. The number of aliphatic hydroxyl groups is 2. The lowest BCUT2D eigenvalue weighted by Gasteiger charge is -2.39. The van der Waals surface area contributed by atoms with Crippen LogP contribution >= 0.6 is 0 Å². The number of ether oxygens (including phenoxy) is 3. The first-order valence-corrected chi connectivity index (χ1v) is 5.91. The molecule has 0 radical (unpaired) electrons. The smallest absolute Gasteiger partial charge is 0.217 e. The number of hydrogen-bond donors (Lipinski definition) is 3. The average Bonchev–Trinajstić information content (AvgIpc) is 2.56. The Bertz CT molecular complexity index is 333. The summed E-state index contributed by atoms with van der Waals surface area (Å²) in [6.45, 7) is 4.44. The summed E-state index contributed by atoms with van der Waals surface area (Å²) in [5.74, 6) is -1.14. The Labute approximate surface area is 105 Å². The van der Waals surface area contributed by atoms with Crippen LogP contribution in [0.15, 0.2) is 0 Å². The Kier molecular flexibility index (Phi) is 3.61. The van der Waals surface area contributed by atoms with Crippen LogP contribution in [0.25, 0.3) is 0 Å². The van der Waals surface area contributed by atoms with E-state index in [-0.39, 0.29) is 12.5 Å². The third kappa shape index (κ3) is 2.50. The third-order valence-corrected chi connectivity index (χ3v) is 3.05. The first-order valence-electron chi connectivity index (χ1n) is 5.91. The van der Waals surface area contributed by atoms with Crippen LogP contribution in [0.5, 0.6) is 0 Å². The van der Waals surface area contributed by atoms with Gasteiger partial charge in [0.05, 0.1) is 12.6 Å². The minimum Gasteiger partial charge on any atom is -0.394 e. The molecule has 5 atom stereocenters. The van der Waals surface area contributed by atoms with E-state index in [4.69, 9.17) is 19.3 Å². The molecule has 0 bridgehead atoms. The molecule has 1 amide bonds. The highest BCUT2D eigenvalue weighted by atomic mass is 16.8. The molecule has 2 aliphatic heterocycles. The van der Waals surface area contributed by atoms with Crippen LogP contribution in [0.3, 0.4) is 0 Å². The van der Waals surface area contributed by atoms with Gasteiger partial charge in [-0.25, -0.2) is 0 Å². The van der Waals surface area contributed by atoms with Gasteiger partial charge in [0.1, 0.15) is 18.3 Å². The summed E-state index contributed by atoms with van der Waals surface area (Å²) in [5, 5.41) is 21.8. The minimum atomic E-state index is -1.04. The molecule has 2 heterocycles. The van der Waals surface area contributed by atoms with E-state index < -0.39 is 36.4 Å². The Balaban J connectivity index is 2.20. The maximum absolute atomic E-state index is 11.2. The second-order valence-corrected chi connectivity index (χ2v) is 5.04. The summed E-state index contributed by atoms with van der Waals surface area (Å²) in [6, 6.07) is -0.667. The van der Waals surface area contributed by atoms with Crippen molar-refractivity contribution in [1.29, 1.82) is 0 Å².